The van der Waals surface area contributed by atoms with Crippen LogP contribution in [0.1, 0.15) is 21.5 Å². The van der Waals surface area contributed by atoms with Crippen molar-refractivity contribution in [1.29, 1.82) is 0 Å². The molecule has 8 nitrogen and oxygen atoms in total. The van der Waals surface area contributed by atoms with Crippen LogP contribution in [0.5, 0.6) is 5.75 Å². The van der Waals surface area contributed by atoms with Gasteiger partial charge in [-0.2, -0.15) is 0 Å². The van der Waals surface area contributed by atoms with Gasteiger partial charge in [-0.25, -0.2) is 19.0 Å². The predicted molar refractivity (Wildman–Crippen MR) is 112 cm³/mol. The van der Waals surface area contributed by atoms with Crippen LogP contribution in [0.4, 0.5) is 10.1 Å². The number of hydrogen-bond acceptors (Lipinski definition) is 7. The molecule has 1 aliphatic heterocycles. The van der Waals surface area contributed by atoms with Gasteiger partial charge in [-0.05, 0) is 48.0 Å². The average Bonchev–Trinajstić information content (AvgIpc) is 3.15. The molecule has 0 fully saturated rings. The first-order valence-corrected chi connectivity index (χ1v) is 9.24. The second-order valence-corrected chi connectivity index (χ2v) is 6.61. The molecule has 1 heterocycles. The molecular formula is C23H13FN2O6. The number of nitro groups is 1. The summed E-state index contributed by atoms with van der Waals surface area (Å²) in [5, 5.41) is 10.8. The highest BCUT2D eigenvalue weighted by atomic mass is 19.1. The van der Waals surface area contributed by atoms with Crippen LogP contribution < -0.4 is 4.74 Å². The maximum Gasteiger partial charge on any atom is 0.363 e. The third-order valence-corrected chi connectivity index (χ3v) is 4.38. The maximum atomic E-state index is 13.4. The Bertz CT molecular complexity index is 1300. The quantitative estimate of drug-likeness (QED) is 0.196. The molecule has 0 amide bonds. The van der Waals surface area contributed by atoms with Crippen LogP contribution in [0, 0.1) is 15.9 Å². The summed E-state index contributed by atoms with van der Waals surface area (Å²) in [6.07, 6.45) is 1.47. The van der Waals surface area contributed by atoms with Crippen molar-refractivity contribution in [3.8, 4) is 5.75 Å². The summed E-state index contributed by atoms with van der Waals surface area (Å²) in [5.74, 6) is -1.69. The number of ether oxygens (including phenoxy) is 2. The number of rotatable bonds is 5. The van der Waals surface area contributed by atoms with E-state index in [1.54, 1.807) is 18.2 Å². The SMILES string of the molecule is O=C1OC(c2cccc(F)c2)=N/C1=C/c1ccc(OC(=O)c2cccc([N+](=O)[O-])c2)cc1. The van der Waals surface area contributed by atoms with E-state index >= 15 is 0 Å². The van der Waals surface area contributed by atoms with Crippen molar-refractivity contribution in [2.75, 3.05) is 0 Å². The molecule has 4 rings (SSSR count). The van der Waals surface area contributed by atoms with Crippen LogP contribution in [-0.2, 0) is 9.53 Å². The number of non-ortho nitro benzene ring substituents is 1. The zero-order valence-corrected chi connectivity index (χ0v) is 16.2. The van der Waals surface area contributed by atoms with Crippen LogP contribution in [0.3, 0.4) is 0 Å². The molecule has 9 heteroatoms. The summed E-state index contributed by atoms with van der Waals surface area (Å²) >= 11 is 0. The number of nitrogens with zero attached hydrogens (tertiary/aromatic N) is 2. The van der Waals surface area contributed by atoms with Crippen molar-refractivity contribution >= 4 is 29.6 Å². The number of nitro benzene ring substituents is 1. The molecule has 0 spiro atoms. The molecule has 0 saturated carbocycles. The molecule has 3 aromatic rings. The zero-order valence-electron chi connectivity index (χ0n) is 16.2. The molecule has 32 heavy (non-hydrogen) atoms. The Morgan fingerprint density at radius 2 is 1.81 bits per heavy atom. The van der Waals surface area contributed by atoms with Gasteiger partial charge in [-0.15, -0.1) is 0 Å². The lowest BCUT2D eigenvalue weighted by atomic mass is 10.2. The van der Waals surface area contributed by atoms with E-state index in [9.17, 15) is 24.1 Å². The molecule has 0 bridgehead atoms. The molecule has 0 radical (unpaired) electrons. The van der Waals surface area contributed by atoms with Crippen molar-refractivity contribution in [3.05, 3.63) is 111 Å². The lowest BCUT2D eigenvalue weighted by Crippen LogP contribution is -2.08. The summed E-state index contributed by atoms with van der Waals surface area (Å²) in [6, 6.07) is 16.9. The molecule has 0 unspecified atom stereocenters. The van der Waals surface area contributed by atoms with Gasteiger partial charge in [-0.3, -0.25) is 10.1 Å². The van der Waals surface area contributed by atoms with E-state index in [0.29, 0.717) is 11.1 Å². The molecular weight excluding hydrogens is 419 g/mol. The van der Waals surface area contributed by atoms with E-state index in [1.807, 2.05) is 0 Å². The van der Waals surface area contributed by atoms with E-state index in [0.717, 1.165) is 6.07 Å². The second kappa shape index (κ2) is 8.60. The minimum atomic E-state index is -0.747. The standard InChI is InChI=1S/C23H13FN2O6/c24-17-5-1-3-15(12-17)21-25-20(23(28)32-21)11-14-7-9-19(10-8-14)31-22(27)16-4-2-6-18(13-16)26(29)30/h1-13H/b20-11+. The Balaban J connectivity index is 1.48. The molecule has 3 aromatic carbocycles. The van der Waals surface area contributed by atoms with Crippen molar-refractivity contribution < 1.29 is 28.4 Å². The van der Waals surface area contributed by atoms with Crippen molar-refractivity contribution in [2.45, 2.75) is 0 Å². The monoisotopic (exact) mass is 432 g/mol. The topological polar surface area (TPSA) is 108 Å². The fourth-order valence-corrected chi connectivity index (χ4v) is 2.86. The van der Waals surface area contributed by atoms with E-state index < -0.39 is 22.7 Å². The van der Waals surface area contributed by atoms with Crippen molar-refractivity contribution in [2.24, 2.45) is 4.99 Å². The number of benzene rings is 3. The lowest BCUT2D eigenvalue weighted by molar-refractivity contribution is -0.384. The van der Waals surface area contributed by atoms with Crippen LogP contribution in [0.15, 0.2) is 83.5 Å². The van der Waals surface area contributed by atoms with E-state index in [1.165, 1.54) is 54.6 Å². The number of carbonyl (C=O) groups excluding carboxylic acids is 2. The van der Waals surface area contributed by atoms with Gasteiger partial charge in [-0.1, -0.05) is 24.3 Å². The molecule has 0 aliphatic carbocycles. The van der Waals surface area contributed by atoms with Crippen LogP contribution in [0.25, 0.3) is 6.08 Å². The average molecular weight is 432 g/mol. The molecule has 0 saturated heterocycles. The van der Waals surface area contributed by atoms with Crippen LogP contribution >= 0.6 is 0 Å². The number of cyclic esters (lactones) is 1. The Morgan fingerprint density at radius 1 is 1.06 bits per heavy atom. The molecule has 0 N–H and O–H groups in total. The summed E-state index contributed by atoms with van der Waals surface area (Å²) in [4.78, 5) is 38.7. The van der Waals surface area contributed by atoms with Crippen LogP contribution in [0.2, 0.25) is 0 Å². The van der Waals surface area contributed by atoms with E-state index in [2.05, 4.69) is 4.99 Å². The molecule has 0 atom stereocenters. The Morgan fingerprint density at radius 3 is 2.53 bits per heavy atom. The molecule has 0 aromatic heterocycles. The van der Waals surface area contributed by atoms with Gasteiger partial charge in [0.05, 0.1) is 10.5 Å². The van der Waals surface area contributed by atoms with Gasteiger partial charge in [0.25, 0.3) is 5.69 Å². The number of hydrogen-bond donors (Lipinski definition) is 0. The molecule has 1 aliphatic rings. The molecule has 158 valence electrons. The number of esters is 2. The first kappa shape index (κ1) is 20.6. The zero-order chi connectivity index (χ0) is 22.7. The van der Waals surface area contributed by atoms with E-state index in [-0.39, 0.29) is 28.6 Å². The van der Waals surface area contributed by atoms with Gasteiger partial charge in [0.1, 0.15) is 11.6 Å². The van der Waals surface area contributed by atoms with E-state index in [4.69, 9.17) is 9.47 Å². The van der Waals surface area contributed by atoms with Crippen LogP contribution in [-0.4, -0.2) is 22.8 Å². The highest BCUT2D eigenvalue weighted by molar-refractivity contribution is 6.12. The first-order chi connectivity index (χ1) is 15.4. The minimum Gasteiger partial charge on any atom is -0.423 e. The largest absolute Gasteiger partial charge is 0.423 e. The maximum absolute atomic E-state index is 13.4. The summed E-state index contributed by atoms with van der Waals surface area (Å²) in [6.45, 7) is 0. The Hall–Kier alpha value is -4.66. The van der Waals surface area contributed by atoms with Gasteiger partial charge in [0, 0.05) is 17.7 Å². The van der Waals surface area contributed by atoms with Gasteiger partial charge in [0.2, 0.25) is 5.90 Å². The fourth-order valence-electron chi connectivity index (χ4n) is 2.86. The normalized spacial score (nSPS) is 14.1. The summed E-state index contributed by atoms with van der Waals surface area (Å²) in [7, 11) is 0. The minimum absolute atomic E-state index is 0.00301. The summed E-state index contributed by atoms with van der Waals surface area (Å²) in [5.41, 5.74) is 0.772. The highest BCUT2D eigenvalue weighted by Gasteiger charge is 2.24. The predicted octanol–water partition coefficient (Wildman–Crippen LogP) is 4.30. The van der Waals surface area contributed by atoms with Crippen molar-refractivity contribution in [3.63, 3.8) is 0 Å². The smallest absolute Gasteiger partial charge is 0.363 e. The fraction of sp³-hybridized carbons (Fsp3) is 0. The second-order valence-electron chi connectivity index (χ2n) is 6.61. The third-order valence-electron chi connectivity index (χ3n) is 4.38. The third kappa shape index (κ3) is 4.57. The Kier molecular flexibility index (Phi) is 5.54. The number of aliphatic imine (C=N–C) groups is 1. The first-order valence-electron chi connectivity index (χ1n) is 9.24. The highest BCUT2D eigenvalue weighted by Crippen LogP contribution is 2.22. The number of halogens is 1. The number of carbonyl (C=O) groups is 2. The lowest BCUT2D eigenvalue weighted by Gasteiger charge is -2.04. The Labute approximate surface area is 180 Å². The van der Waals surface area contributed by atoms with Gasteiger partial charge in [0.15, 0.2) is 5.70 Å². The van der Waals surface area contributed by atoms with Gasteiger partial charge >= 0.3 is 11.9 Å². The summed E-state index contributed by atoms with van der Waals surface area (Å²) < 4.78 is 23.7. The van der Waals surface area contributed by atoms with Crippen molar-refractivity contribution in [1.82, 2.24) is 0 Å². The van der Waals surface area contributed by atoms with Gasteiger partial charge < -0.3 is 9.47 Å².